The number of hydrogen-bond acceptors (Lipinski definition) is 4. The molecule has 13 rings (SSSR count). The third-order valence-electron chi connectivity index (χ3n) is 20.9. The van der Waals surface area contributed by atoms with Crippen molar-refractivity contribution in [2.24, 2.45) is 0 Å². The minimum atomic E-state index is -0.163. The van der Waals surface area contributed by atoms with Crippen molar-refractivity contribution in [1.82, 2.24) is 0 Å². The van der Waals surface area contributed by atoms with E-state index in [-0.39, 0.29) is 50.2 Å². The van der Waals surface area contributed by atoms with E-state index in [0.717, 1.165) is 17.8 Å². The highest BCUT2D eigenvalue weighted by Gasteiger charge is 2.62. The number of nitrogens with zero attached hydrogens (tertiary/aromatic N) is 3. The van der Waals surface area contributed by atoms with Gasteiger partial charge in [0.15, 0.2) is 0 Å². The van der Waals surface area contributed by atoms with Crippen molar-refractivity contribution < 1.29 is 0 Å². The van der Waals surface area contributed by atoms with Crippen molar-refractivity contribution in [2.45, 2.75) is 207 Å². The summed E-state index contributed by atoms with van der Waals surface area (Å²) in [6, 6.07) is 53.8. The largest absolute Gasteiger partial charge is 0.335 e. The highest BCUT2D eigenvalue weighted by atomic mass is 32.1. The molecule has 2 atom stereocenters. The fourth-order valence-electron chi connectivity index (χ4n) is 15.4. The fraction of sp³-hybridized carbons (Fsp3) is 0.421. The number of fused-ring (bicyclic) bond motifs is 10. The smallest absolute Gasteiger partial charge is 0.254 e. The van der Waals surface area contributed by atoms with Crippen molar-refractivity contribution in [1.29, 1.82) is 0 Å². The lowest BCUT2D eigenvalue weighted by atomic mass is 9.33. The van der Waals surface area contributed by atoms with Crippen molar-refractivity contribution in [3.05, 3.63) is 172 Å². The molecule has 7 aromatic carbocycles. The van der Waals surface area contributed by atoms with E-state index in [2.05, 4.69) is 273 Å². The van der Waals surface area contributed by atoms with Crippen molar-refractivity contribution in [3.63, 3.8) is 0 Å². The average molecular weight is 1090 g/mol. The standard InChI is InChI=1S/C76H88BN3S/c1-69(2,3)48-26-31-52(32-27-48)78(53-33-28-49(29-34-53)70(4,5)6)54-43-62-66-63(44-54)80-67-59(75(17)36-22-23-37-76(75,80)18)41-51(72(10,11)12)42-60(67)77(66)65-56-45-57-58(74(15,16)39-38-73(57,13)14)46-64(56)81-68(65)79(62)61-35-30-50(71(7,8)9)40-55(61)47-24-20-19-21-25-47/h19-21,24-35,40-46H,22-23,36-39H2,1-18H3. The van der Waals surface area contributed by atoms with Crippen LogP contribution in [0.25, 0.3) is 21.2 Å². The lowest BCUT2D eigenvalue weighted by Crippen LogP contribution is -2.64. The van der Waals surface area contributed by atoms with Gasteiger partial charge in [0.25, 0.3) is 6.71 Å². The Hall–Kier alpha value is -6.04. The van der Waals surface area contributed by atoms with Crippen LogP contribution in [0.5, 0.6) is 0 Å². The second-order valence-electron chi connectivity index (χ2n) is 31.3. The summed E-state index contributed by atoms with van der Waals surface area (Å²) in [6.45, 7) is 43.7. The normalized spacial score (nSPS) is 20.6. The Labute approximate surface area is 491 Å². The van der Waals surface area contributed by atoms with Gasteiger partial charge in [-0.15, -0.1) is 11.3 Å². The first-order chi connectivity index (χ1) is 37.9. The molecule has 1 aromatic heterocycles. The molecule has 3 aliphatic heterocycles. The van der Waals surface area contributed by atoms with Crippen LogP contribution in [-0.2, 0) is 37.9 Å². The topological polar surface area (TPSA) is 9.72 Å². The third-order valence-corrected chi connectivity index (χ3v) is 22.1. The molecule has 3 nitrogen and oxygen atoms in total. The van der Waals surface area contributed by atoms with Crippen LogP contribution in [0.15, 0.2) is 133 Å². The van der Waals surface area contributed by atoms with Crippen LogP contribution in [0.2, 0.25) is 0 Å². The molecule has 0 amide bonds. The second-order valence-corrected chi connectivity index (χ2v) is 32.3. The van der Waals surface area contributed by atoms with Crippen molar-refractivity contribution in [3.8, 4) is 11.1 Å². The molecule has 1 fully saturated rings. The number of anilines is 8. The Balaban J connectivity index is 1.21. The quantitative estimate of drug-likeness (QED) is 0.159. The summed E-state index contributed by atoms with van der Waals surface area (Å²) >= 11 is 2.04. The molecule has 5 heteroatoms. The molecule has 5 aliphatic rings. The monoisotopic (exact) mass is 1090 g/mol. The summed E-state index contributed by atoms with van der Waals surface area (Å²) in [6.07, 6.45) is 7.14. The molecule has 0 bridgehead atoms. The van der Waals surface area contributed by atoms with E-state index in [4.69, 9.17) is 0 Å². The Kier molecular flexibility index (Phi) is 11.9. The lowest BCUT2D eigenvalue weighted by Gasteiger charge is -2.53. The first-order valence-electron chi connectivity index (χ1n) is 30.7. The van der Waals surface area contributed by atoms with Gasteiger partial charge in [-0.2, -0.15) is 0 Å². The van der Waals surface area contributed by atoms with E-state index in [0.29, 0.717) is 0 Å². The lowest BCUT2D eigenvalue weighted by molar-refractivity contribution is 0.195. The van der Waals surface area contributed by atoms with E-state index < -0.39 is 0 Å². The van der Waals surface area contributed by atoms with Gasteiger partial charge in [0.2, 0.25) is 0 Å². The molecule has 2 aliphatic carbocycles. The first-order valence-corrected chi connectivity index (χ1v) is 31.5. The number of hydrogen-bond donors (Lipinski definition) is 0. The summed E-state index contributed by atoms with van der Waals surface area (Å²) in [4.78, 5) is 8.32. The molecule has 416 valence electrons. The minimum absolute atomic E-state index is 0.000998. The van der Waals surface area contributed by atoms with Crippen LogP contribution in [0, 0.1) is 0 Å². The molecule has 1 saturated carbocycles. The zero-order valence-electron chi connectivity index (χ0n) is 52.3. The van der Waals surface area contributed by atoms with Gasteiger partial charge in [-0.3, -0.25) is 0 Å². The van der Waals surface area contributed by atoms with E-state index in [1.807, 2.05) is 11.3 Å². The second kappa shape index (κ2) is 17.7. The Morgan fingerprint density at radius 2 is 1.01 bits per heavy atom. The van der Waals surface area contributed by atoms with Gasteiger partial charge in [0.05, 0.1) is 21.9 Å². The maximum absolute atomic E-state index is 2.96. The van der Waals surface area contributed by atoms with Gasteiger partial charge >= 0.3 is 0 Å². The van der Waals surface area contributed by atoms with Crippen LogP contribution in [0.1, 0.15) is 202 Å². The van der Waals surface area contributed by atoms with Crippen LogP contribution < -0.4 is 31.1 Å². The highest BCUT2D eigenvalue weighted by molar-refractivity contribution is 7.26. The number of rotatable bonds is 5. The molecule has 0 spiro atoms. The van der Waals surface area contributed by atoms with Crippen LogP contribution in [-0.4, -0.2) is 12.3 Å². The average Bonchev–Trinajstić information content (AvgIpc) is 1.99. The number of benzene rings is 7. The molecule has 0 N–H and O–H groups in total. The SMILES string of the molecule is CC(C)(C)c1ccc(N(c2ccc(C(C)(C)C)cc2)c2cc3c4c(c2)N2c5c(cc(C(C)(C)C)cc5C5(C)CCCCC25C)B4c2c(sc4cc5c(cc24)C(C)(C)CCC5(C)C)N3c2ccc(C(C)(C)C)cc2-c2ccccc2)cc1. The summed E-state index contributed by atoms with van der Waals surface area (Å²) in [5.41, 5.74) is 25.7. The maximum atomic E-state index is 2.96. The van der Waals surface area contributed by atoms with Gasteiger partial charge in [0, 0.05) is 44.1 Å². The van der Waals surface area contributed by atoms with Crippen molar-refractivity contribution >= 4 is 89.3 Å². The highest BCUT2D eigenvalue weighted by Crippen LogP contribution is 2.64. The van der Waals surface area contributed by atoms with Crippen LogP contribution in [0.3, 0.4) is 0 Å². The van der Waals surface area contributed by atoms with Gasteiger partial charge in [-0.25, -0.2) is 0 Å². The summed E-state index contributed by atoms with van der Waals surface area (Å²) < 4.78 is 1.40. The predicted octanol–water partition coefficient (Wildman–Crippen LogP) is 19.9. The Morgan fingerprint density at radius 3 is 1.59 bits per heavy atom. The summed E-state index contributed by atoms with van der Waals surface area (Å²) in [7, 11) is 0. The zero-order valence-corrected chi connectivity index (χ0v) is 53.1. The predicted molar refractivity (Wildman–Crippen MR) is 354 cm³/mol. The maximum Gasteiger partial charge on any atom is 0.254 e. The van der Waals surface area contributed by atoms with E-state index in [1.165, 1.54) is 137 Å². The molecule has 4 heterocycles. The third kappa shape index (κ3) is 8.21. The van der Waals surface area contributed by atoms with Crippen LogP contribution in [0.4, 0.5) is 44.8 Å². The first kappa shape index (κ1) is 54.2. The molecule has 2 unspecified atom stereocenters. The number of thiophene rings is 1. The van der Waals surface area contributed by atoms with Gasteiger partial charge < -0.3 is 14.7 Å². The molecular formula is C76H88BN3S. The van der Waals surface area contributed by atoms with Gasteiger partial charge in [-0.05, 0) is 192 Å². The van der Waals surface area contributed by atoms with Crippen molar-refractivity contribution in [2.75, 3.05) is 14.7 Å². The van der Waals surface area contributed by atoms with Gasteiger partial charge in [-0.1, -0.05) is 203 Å². The Bertz CT molecular complexity index is 3790. The zero-order chi connectivity index (χ0) is 57.5. The summed E-state index contributed by atoms with van der Waals surface area (Å²) in [5.74, 6) is 0. The van der Waals surface area contributed by atoms with E-state index in [9.17, 15) is 0 Å². The molecular weight excluding hydrogens is 998 g/mol. The van der Waals surface area contributed by atoms with E-state index >= 15 is 0 Å². The molecule has 8 aromatic rings. The van der Waals surface area contributed by atoms with Gasteiger partial charge in [0.1, 0.15) is 0 Å². The summed E-state index contributed by atoms with van der Waals surface area (Å²) in [5, 5.41) is 2.77. The molecule has 81 heavy (non-hydrogen) atoms. The fourth-order valence-corrected chi connectivity index (χ4v) is 16.7. The van der Waals surface area contributed by atoms with E-state index in [1.54, 1.807) is 5.56 Å². The van der Waals surface area contributed by atoms with Crippen LogP contribution >= 0.6 is 11.3 Å². The molecule has 0 saturated heterocycles. The Morgan fingerprint density at radius 1 is 0.469 bits per heavy atom. The molecule has 0 radical (unpaired) electrons. The minimum Gasteiger partial charge on any atom is -0.335 e.